The maximum absolute atomic E-state index is 9.24. The van der Waals surface area contributed by atoms with Crippen molar-refractivity contribution in [1.29, 1.82) is 5.26 Å². The molecule has 0 aliphatic heterocycles. The number of nitriles is 1. The second-order valence-corrected chi connectivity index (χ2v) is 6.31. The van der Waals surface area contributed by atoms with Gasteiger partial charge in [-0.1, -0.05) is 18.2 Å². The number of rotatable bonds is 4. The van der Waals surface area contributed by atoms with Crippen molar-refractivity contribution >= 4 is 11.8 Å². The van der Waals surface area contributed by atoms with E-state index in [9.17, 15) is 5.26 Å². The zero-order valence-corrected chi connectivity index (χ0v) is 13.1. The van der Waals surface area contributed by atoms with Gasteiger partial charge in [-0.3, -0.25) is 4.57 Å². The molecule has 1 aliphatic rings. The fourth-order valence-electron chi connectivity index (χ4n) is 2.42. The van der Waals surface area contributed by atoms with Gasteiger partial charge in [-0.25, -0.2) is 4.98 Å². The van der Waals surface area contributed by atoms with Gasteiger partial charge >= 0.3 is 0 Å². The standard InChI is InChI=1S/C17H13N5S/c18-11-13-5-4-10-19-16(13)23-17-21-20-15(12-8-9-12)22(17)14-6-2-1-3-7-14/h1-7,10,12H,8-9H2. The fraction of sp³-hybridized carbons (Fsp3) is 0.176. The second-order valence-electron chi connectivity index (χ2n) is 5.36. The maximum atomic E-state index is 9.24. The largest absolute Gasteiger partial charge is 0.273 e. The Bertz CT molecular complexity index is 877. The van der Waals surface area contributed by atoms with Crippen molar-refractivity contribution in [3.05, 3.63) is 60.0 Å². The Morgan fingerprint density at radius 1 is 1.09 bits per heavy atom. The quantitative estimate of drug-likeness (QED) is 0.735. The number of hydrogen-bond donors (Lipinski definition) is 0. The minimum absolute atomic E-state index is 0.483. The Morgan fingerprint density at radius 2 is 1.91 bits per heavy atom. The Balaban J connectivity index is 1.79. The number of pyridine rings is 1. The van der Waals surface area contributed by atoms with E-state index in [1.54, 1.807) is 18.3 Å². The van der Waals surface area contributed by atoms with Gasteiger partial charge in [-0.15, -0.1) is 10.2 Å². The SMILES string of the molecule is N#Cc1cccnc1Sc1nnc(C2CC2)n1-c1ccccc1. The predicted octanol–water partition coefficient (Wildman–Crippen LogP) is 3.56. The highest BCUT2D eigenvalue weighted by Crippen LogP contribution is 2.41. The summed E-state index contributed by atoms with van der Waals surface area (Å²) < 4.78 is 2.08. The van der Waals surface area contributed by atoms with Gasteiger partial charge in [0, 0.05) is 17.8 Å². The molecule has 0 radical (unpaired) electrons. The van der Waals surface area contributed by atoms with E-state index in [1.165, 1.54) is 11.8 Å². The van der Waals surface area contributed by atoms with Crippen molar-refractivity contribution in [2.45, 2.75) is 28.9 Å². The number of para-hydroxylation sites is 1. The molecule has 5 nitrogen and oxygen atoms in total. The fourth-order valence-corrected chi connectivity index (χ4v) is 3.30. The topological polar surface area (TPSA) is 67.4 Å². The van der Waals surface area contributed by atoms with Crippen molar-refractivity contribution in [2.75, 3.05) is 0 Å². The van der Waals surface area contributed by atoms with Crippen molar-refractivity contribution in [2.24, 2.45) is 0 Å². The summed E-state index contributed by atoms with van der Waals surface area (Å²) in [4.78, 5) is 4.31. The van der Waals surface area contributed by atoms with E-state index in [0.717, 1.165) is 29.5 Å². The highest BCUT2D eigenvalue weighted by molar-refractivity contribution is 7.99. The summed E-state index contributed by atoms with van der Waals surface area (Å²) in [5.41, 5.74) is 1.59. The third-order valence-corrected chi connectivity index (χ3v) is 4.66. The van der Waals surface area contributed by atoms with Crippen LogP contribution >= 0.6 is 11.8 Å². The first-order chi connectivity index (χ1) is 11.4. The molecule has 6 heteroatoms. The molecular formula is C17H13N5S. The Labute approximate surface area is 138 Å². The molecule has 2 heterocycles. The molecule has 3 aromatic rings. The Hall–Kier alpha value is -2.65. The van der Waals surface area contributed by atoms with E-state index >= 15 is 0 Å². The molecule has 23 heavy (non-hydrogen) atoms. The summed E-state index contributed by atoms with van der Waals surface area (Å²) in [6.07, 6.45) is 4.00. The van der Waals surface area contributed by atoms with E-state index < -0.39 is 0 Å². The first kappa shape index (κ1) is 14.0. The number of hydrogen-bond acceptors (Lipinski definition) is 5. The van der Waals surface area contributed by atoms with E-state index in [4.69, 9.17) is 0 Å². The van der Waals surface area contributed by atoms with Crippen LogP contribution < -0.4 is 0 Å². The Kier molecular flexibility index (Phi) is 3.56. The van der Waals surface area contributed by atoms with Crippen LogP contribution in [-0.2, 0) is 0 Å². The highest BCUT2D eigenvalue weighted by Gasteiger charge is 2.31. The van der Waals surface area contributed by atoms with Gasteiger partial charge < -0.3 is 0 Å². The lowest BCUT2D eigenvalue weighted by Crippen LogP contribution is -2.01. The molecular weight excluding hydrogens is 306 g/mol. The van der Waals surface area contributed by atoms with Crippen LogP contribution in [0.1, 0.15) is 30.1 Å². The van der Waals surface area contributed by atoms with Crippen LogP contribution in [0, 0.1) is 11.3 Å². The van der Waals surface area contributed by atoms with Crippen LogP contribution in [0.3, 0.4) is 0 Å². The van der Waals surface area contributed by atoms with Gasteiger partial charge in [-0.2, -0.15) is 5.26 Å². The summed E-state index contributed by atoms with van der Waals surface area (Å²) in [5.74, 6) is 1.48. The molecule has 1 aromatic carbocycles. The lowest BCUT2D eigenvalue weighted by atomic mass is 10.3. The first-order valence-electron chi connectivity index (χ1n) is 7.40. The second kappa shape index (κ2) is 5.86. The van der Waals surface area contributed by atoms with Crippen molar-refractivity contribution in [3.63, 3.8) is 0 Å². The molecule has 0 bridgehead atoms. The lowest BCUT2D eigenvalue weighted by molar-refractivity contribution is 0.828. The summed E-state index contributed by atoms with van der Waals surface area (Å²) in [6, 6.07) is 15.8. The molecule has 0 atom stereocenters. The van der Waals surface area contributed by atoms with Crippen molar-refractivity contribution < 1.29 is 0 Å². The van der Waals surface area contributed by atoms with Crippen LogP contribution in [0.15, 0.2) is 58.8 Å². The van der Waals surface area contributed by atoms with Crippen molar-refractivity contribution in [1.82, 2.24) is 19.7 Å². The molecule has 1 fully saturated rings. The average Bonchev–Trinajstić information content (AvgIpc) is 3.37. The van der Waals surface area contributed by atoms with E-state index in [0.29, 0.717) is 16.5 Å². The van der Waals surface area contributed by atoms with Gasteiger partial charge in [0.05, 0.1) is 5.56 Å². The van der Waals surface area contributed by atoms with E-state index in [1.807, 2.05) is 30.3 Å². The van der Waals surface area contributed by atoms with Gasteiger partial charge in [-0.05, 0) is 48.9 Å². The maximum Gasteiger partial charge on any atom is 0.202 e. The van der Waals surface area contributed by atoms with Gasteiger partial charge in [0.15, 0.2) is 0 Å². The molecule has 0 unspecified atom stereocenters. The smallest absolute Gasteiger partial charge is 0.202 e. The van der Waals surface area contributed by atoms with Crippen molar-refractivity contribution in [3.8, 4) is 11.8 Å². The van der Waals surface area contributed by atoms with Crippen LogP contribution in [-0.4, -0.2) is 19.7 Å². The third kappa shape index (κ3) is 2.71. The van der Waals surface area contributed by atoms with Crippen LogP contribution in [0.25, 0.3) is 5.69 Å². The number of benzene rings is 1. The summed E-state index contributed by atoms with van der Waals surface area (Å²) >= 11 is 1.38. The molecule has 0 spiro atoms. The molecule has 2 aromatic heterocycles. The minimum atomic E-state index is 0.483. The normalized spacial score (nSPS) is 13.7. The van der Waals surface area contributed by atoms with Gasteiger partial charge in [0.2, 0.25) is 5.16 Å². The molecule has 0 saturated heterocycles. The number of aromatic nitrogens is 4. The van der Waals surface area contributed by atoms with E-state index in [2.05, 4.69) is 25.8 Å². The summed E-state index contributed by atoms with van der Waals surface area (Å²) in [5, 5.41) is 19.4. The van der Waals surface area contributed by atoms with E-state index in [-0.39, 0.29) is 0 Å². The average molecular weight is 319 g/mol. The third-order valence-electron chi connectivity index (χ3n) is 3.69. The zero-order valence-electron chi connectivity index (χ0n) is 12.3. The monoisotopic (exact) mass is 319 g/mol. The number of nitrogens with zero attached hydrogens (tertiary/aromatic N) is 5. The van der Waals surface area contributed by atoms with Crippen LogP contribution in [0.5, 0.6) is 0 Å². The molecule has 0 N–H and O–H groups in total. The Morgan fingerprint density at radius 3 is 2.65 bits per heavy atom. The first-order valence-corrected chi connectivity index (χ1v) is 8.22. The molecule has 1 aliphatic carbocycles. The van der Waals surface area contributed by atoms with Gasteiger partial charge in [0.25, 0.3) is 0 Å². The summed E-state index contributed by atoms with van der Waals surface area (Å²) in [6.45, 7) is 0. The lowest BCUT2D eigenvalue weighted by Gasteiger charge is -2.09. The molecule has 4 rings (SSSR count). The van der Waals surface area contributed by atoms with Crippen LogP contribution in [0.4, 0.5) is 0 Å². The molecule has 0 amide bonds. The highest BCUT2D eigenvalue weighted by atomic mass is 32.2. The summed E-state index contributed by atoms with van der Waals surface area (Å²) in [7, 11) is 0. The van der Waals surface area contributed by atoms with Gasteiger partial charge in [0.1, 0.15) is 16.9 Å². The predicted molar refractivity (Wildman–Crippen MR) is 86.4 cm³/mol. The minimum Gasteiger partial charge on any atom is -0.273 e. The molecule has 1 saturated carbocycles. The molecule has 112 valence electrons. The zero-order chi connectivity index (χ0) is 15.6. The van der Waals surface area contributed by atoms with Crippen LogP contribution in [0.2, 0.25) is 0 Å².